The Morgan fingerprint density at radius 3 is 2.43 bits per heavy atom. The maximum atomic E-state index is 4.63. The SMILES string of the molecule is CC(C)(C)c1nc(Br)cc(C2CC2)n1. The highest BCUT2D eigenvalue weighted by Crippen LogP contribution is 2.40. The van der Waals surface area contributed by atoms with Gasteiger partial charge >= 0.3 is 0 Å². The number of rotatable bonds is 1. The molecule has 0 unspecified atom stereocenters. The van der Waals surface area contributed by atoms with Crippen LogP contribution in [0.5, 0.6) is 0 Å². The van der Waals surface area contributed by atoms with Gasteiger partial charge in [0.2, 0.25) is 0 Å². The minimum absolute atomic E-state index is 0.0351. The highest BCUT2D eigenvalue weighted by molar-refractivity contribution is 9.10. The summed E-state index contributed by atoms with van der Waals surface area (Å²) in [6.45, 7) is 6.43. The van der Waals surface area contributed by atoms with Gasteiger partial charge in [-0.25, -0.2) is 9.97 Å². The normalized spacial score (nSPS) is 17.1. The molecule has 0 amide bonds. The molecule has 0 aliphatic heterocycles. The molecule has 0 radical (unpaired) electrons. The van der Waals surface area contributed by atoms with Crippen LogP contribution in [0.25, 0.3) is 0 Å². The molecule has 2 rings (SSSR count). The van der Waals surface area contributed by atoms with Crippen molar-refractivity contribution in [3.8, 4) is 0 Å². The fourth-order valence-corrected chi connectivity index (χ4v) is 1.76. The maximum Gasteiger partial charge on any atom is 0.135 e. The van der Waals surface area contributed by atoms with Gasteiger partial charge in [-0.15, -0.1) is 0 Å². The first-order chi connectivity index (χ1) is 6.47. The molecule has 14 heavy (non-hydrogen) atoms. The predicted molar refractivity (Wildman–Crippen MR) is 60.4 cm³/mol. The Balaban J connectivity index is 2.41. The van der Waals surface area contributed by atoms with Gasteiger partial charge in [0.15, 0.2) is 0 Å². The summed E-state index contributed by atoms with van der Waals surface area (Å²) in [6.07, 6.45) is 2.57. The van der Waals surface area contributed by atoms with Crippen LogP contribution in [0.3, 0.4) is 0 Å². The molecule has 1 fully saturated rings. The number of aromatic nitrogens is 2. The first kappa shape index (κ1) is 10.1. The van der Waals surface area contributed by atoms with Gasteiger partial charge in [0.05, 0.1) is 0 Å². The van der Waals surface area contributed by atoms with Gasteiger partial charge in [0.1, 0.15) is 10.4 Å². The summed E-state index contributed by atoms with van der Waals surface area (Å²) in [5.41, 5.74) is 1.24. The van der Waals surface area contributed by atoms with Crippen LogP contribution < -0.4 is 0 Å². The van der Waals surface area contributed by atoms with Gasteiger partial charge in [0.25, 0.3) is 0 Å². The van der Waals surface area contributed by atoms with E-state index in [1.54, 1.807) is 0 Å². The molecule has 3 heteroatoms. The lowest BCUT2D eigenvalue weighted by molar-refractivity contribution is 0.539. The molecule has 76 valence electrons. The van der Waals surface area contributed by atoms with E-state index >= 15 is 0 Å². The van der Waals surface area contributed by atoms with E-state index in [0.717, 1.165) is 10.4 Å². The van der Waals surface area contributed by atoms with Crippen molar-refractivity contribution in [3.63, 3.8) is 0 Å². The molecule has 0 bridgehead atoms. The maximum absolute atomic E-state index is 4.63. The van der Waals surface area contributed by atoms with Crippen LogP contribution in [0.15, 0.2) is 10.7 Å². The quantitative estimate of drug-likeness (QED) is 0.718. The third-order valence-electron chi connectivity index (χ3n) is 2.38. The fourth-order valence-electron chi connectivity index (χ4n) is 1.36. The summed E-state index contributed by atoms with van der Waals surface area (Å²) in [7, 11) is 0. The van der Waals surface area contributed by atoms with Crippen molar-refractivity contribution in [2.24, 2.45) is 0 Å². The third-order valence-corrected chi connectivity index (χ3v) is 2.79. The van der Waals surface area contributed by atoms with Crippen molar-refractivity contribution in [2.75, 3.05) is 0 Å². The number of halogens is 1. The topological polar surface area (TPSA) is 25.8 Å². The van der Waals surface area contributed by atoms with Gasteiger partial charge in [-0.3, -0.25) is 0 Å². The average molecular weight is 255 g/mol. The van der Waals surface area contributed by atoms with Crippen molar-refractivity contribution in [2.45, 2.75) is 44.9 Å². The van der Waals surface area contributed by atoms with Crippen molar-refractivity contribution < 1.29 is 0 Å². The van der Waals surface area contributed by atoms with E-state index in [1.165, 1.54) is 18.5 Å². The molecule has 0 atom stereocenters. The standard InChI is InChI=1S/C11H15BrN2/c1-11(2,3)10-13-8(7-4-5-7)6-9(12)14-10/h6-7H,4-5H2,1-3H3. The van der Waals surface area contributed by atoms with E-state index < -0.39 is 0 Å². The van der Waals surface area contributed by atoms with E-state index in [9.17, 15) is 0 Å². The zero-order valence-corrected chi connectivity index (χ0v) is 10.4. The Labute approximate surface area is 93.3 Å². The van der Waals surface area contributed by atoms with E-state index in [1.807, 2.05) is 6.07 Å². The molecule has 1 aromatic rings. The lowest BCUT2D eigenvalue weighted by atomic mass is 9.95. The Hall–Kier alpha value is -0.440. The van der Waals surface area contributed by atoms with Crippen molar-refractivity contribution >= 4 is 15.9 Å². The van der Waals surface area contributed by atoms with Crippen LogP contribution in [0.4, 0.5) is 0 Å². The van der Waals surface area contributed by atoms with E-state index in [0.29, 0.717) is 5.92 Å². The van der Waals surface area contributed by atoms with Crippen molar-refractivity contribution in [1.82, 2.24) is 9.97 Å². The molecule has 1 heterocycles. The van der Waals surface area contributed by atoms with Gasteiger partial charge in [-0.05, 0) is 34.8 Å². The van der Waals surface area contributed by atoms with E-state index in [-0.39, 0.29) is 5.41 Å². The van der Waals surface area contributed by atoms with Gasteiger partial charge in [-0.2, -0.15) is 0 Å². The average Bonchev–Trinajstić information content (AvgIpc) is 2.83. The smallest absolute Gasteiger partial charge is 0.135 e. The Bertz CT molecular complexity index is 351. The number of hydrogen-bond donors (Lipinski definition) is 0. The van der Waals surface area contributed by atoms with Crippen LogP contribution in [-0.2, 0) is 5.41 Å². The summed E-state index contributed by atoms with van der Waals surface area (Å²) in [6, 6.07) is 2.05. The third kappa shape index (κ3) is 2.14. The Kier molecular flexibility index (Phi) is 2.38. The fraction of sp³-hybridized carbons (Fsp3) is 0.636. The van der Waals surface area contributed by atoms with Crippen LogP contribution >= 0.6 is 15.9 Å². The molecule has 1 saturated carbocycles. The van der Waals surface area contributed by atoms with Crippen LogP contribution in [0.2, 0.25) is 0 Å². The van der Waals surface area contributed by atoms with Crippen molar-refractivity contribution in [1.29, 1.82) is 0 Å². The monoisotopic (exact) mass is 254 g/mol. The minimum Gasteiger partial charge on any atom is -0.237 e. The molecule has 0 aromatic carbocycles. The summed E-state index contributed by atoms with van der Waals surface area (Å²) in [4.78, 5) is 9.05. The van der Waals surface area contributed by atoms with E-state index in [4.69, 9.17) is 0 Å². The van der Waals surface area contributed by atoms with Crippen LogP contribution in [0.1, 0.15) is 51.0 Å². The molecule has 0 N–H and O–H groups in total. The second kappa shape index (κ2) is 3.30. The van der Waals surface area contributed by atoms with Gasteiger partial charge < -0.3 is 0 Å². The van der Waals surface area contributed by atoms with Crippen molar-refractivity contribution in [3.05, 3.63) is 22.2 Å². The molecule has 1 aliphatic carbocycles. The highest BCUT2D eigenvalue weighted by Gasteiger charge is 2.27. The molecule has 1 aliphatic rings. The Morgan fingerprint density at radius 1 is 1.29 bits per heavy atom. The summed E-state index contributed by atoms with van der Waals surface area (Å²) >= 11 is 3.45. The zero-order valence-electron chi connectivity index (χ0n) is 8.84. The van der Waals surface area contributed by atoms with Crippen LogP contribution in [0, 0.1) is 0 Å². The largest absolute Gasteiger partial charge is 0.237 e. The molecule has 0 spiro atoms. The van der Waals surface area contributed by atoms with E-state index in [2.05, 4.69) is 46.7 Å². The summed E-state index contributed by atoms with van der Waals surface area (Å²) in [5, 5.41) is 0. The molecular weight excluding hydrogens is 240 g/mol. The van der Waals surface area contributed by atoms with Gasteiger partial charge in [-0.1, -0.05) is 20.8 Å². The lowest BCUT2D eigenvalue weighted by Gasteiger charge is -2.17. The van der Waals surface area contributed by atoms with Gasteiger partial charge in [0, 0.05) is 17.0 Å². The number of hydrogen-bond acceptors (Lipinski definition) is 2. The second-order valence-corrected chi connectivity index (χ2v) is 5.78. The Morgan fingerprint density at radius 2 is 1.93 bits per heavy atom. The second-order valence-electron chi connectivity index (χ2n) is 4.96. The zero-order chi connectivity index (χ0) is 10.3. The highest BCUT2D eigenvalue weighted by atomic mass is 79.9. The molecule has 1 aromatic heterocycles. The first-order valence-corrected chi connectivity index (χ1v) is 5.81. The van der Waals surface area contributed by atoms with Crippen LogP contribution in [-0.4, -0.2) is 9.97 Å². The molecule has 0 saturated heterocycles. The summed E-state index contributed by atoms with van der Waals surface area (Å²) in [5.74, 6) is 1.63. The first-order valence-electron chi connectivity index (χ1n) is 5.02. The lowest BCUT2D eigenvalue weighted by Crippen LogP contribution is -2.17. The molecule has 2 nitrogen and oxygen atoms in total. The minimum atomic E-state index is 0.0351. The number of nitrogens with zero attached hydrogens (tertiary/aromatic N) is 2. The predicted octanol–water partition coefficient (Wildman–Crippen LogP) is 3.41. The summed E-state index contributed by atoms with van der Waals surface area (Å²) < 4.78 is 0.916. The molecular formula is C11H15BrN2.